The molecule has 0 bridgehead atoms. The summed E-state index contributed by atoms with van der Waals surface area (Å²) in [6.07, 6.45) is 3.24. The summed E-state index contributed by atoms with van der Waals surface area (Å²) in [6.45, 7) is 0.101. The molecule has 0 saturated carbocycles. The molecule has 2 aromatic heterocycles. The molecule has 5 nitrogen and oxygen atoms in total. The number of benzene rings is 2. The summed E-state index contributed by atoms with van der Waals surface area (Å²) in [5, 5.41) is 2.79. The molecular formula is C22H16N2O3S. The fourth-order valence-corrected chi connectivity index (χ4v) is 3.37. The Morgan fingerprint density at radius 3 is 2.61 bits per heavy atom. The van der Waals surface area contributed by atoms with Crippen LogP contribution in [0.3, 0.4) is 0 Å². The Balaban J connectivity index is 1.44. The van der Waals surface area contributed by atoms with Gasteiger partial charge in [-0.1, -0.05) is 42.5 Å². The Kier molecular flexibility index (Phi) is 5.40. The van der Waals surface area contributed by atoms with Crippen molar-refractivity contribution in [1.29, 1.82) is 0 Å². The first-order valence-electron chi connectivity index (χ1n) is 8.63. The van der Waals surface area contributed by atoms with Crippen molar-refractivity contribution in [3.8, 4) is 22.1 Å². The van der Waals surface area contributed by atoms with Gasteiger partial charge in [0.05, 0.1) is 11.9 Å². The number of thiazole rings is 1. The molecule has 0 radical (unpaired) electrons. The number of para-hydroxylation sites is 1. The Morgan fingerprint density at radius 2 is 1.79 bits per heavy atom. The monoisotopic (exact) mass is 388 g/mol. The molecule has 4 aromatic rings. The lowest BCUT2D eigenvalue weighted by molar-refractivity contribution is 0.0465. The van der Waals surface area contributed by atoms with Crippen LogP contribution >= 0.6 is 11.3 Å². The summed E-state index contributed by atoms with van der Waals surface area (Å²) in [4.78, 5) is 21.1. The SMILES string of the molecule is O=C(OCc1csc(-c2ccccc2)n1)c1ccccc1Oc1cccnc1. The van der Waals surface area contributed by atoms with E-state index in [1.165, 1.54) is 11.3 Å². The fourth-order valence-electron chi connectivity index (χ4n) is 2.56. The molecule has 6 heteroatoms. The van der Waals surface area contributed by atoms with Crippen molar-refractivity contribution in [2.24, 2.45) is 0 Å². The number of nitrogens with zero attached hydrogens (tertiary/aromatic N) is 2. The molecular weight excluding hydrogens is 372 g/mol. The number of aromatic nitrogens is 2. The number of hydrogen-bond acceptors (Lipinski definition) is 6. The van der Waals surface area contributed by atoms with Gasteiger partial charge in [-0.25, -0.2) is 9.78 Å². The van der Waals surface area contributed by atoms with E-state index in [0.717, 1.165) is 10.6 Å². The molecule has 2 heterocycles. The summed E-state index contributed by atoms with van der Waals surface area (Å²) >= 11 is 1.52. The molecule has 0 amide bonds. The van der Waals surface area contributed by atoms with Crippen LogP contribution in [-0.4, -0.2) is 15.9 Å². The third-order valence-corrected chi connectivity index (χ3v) is 4.83. The predicted octanol–water partition coefficient (Wildman–Crippen LogP) is 5.35. The van der Waals surface area contributed by atoms with Gasteiger partial charge in [-0.2, -0.15) is 0 Å². The standard InChI is InChI=1S/C22H16N2O3S/c25-22(19-10-4-5-11-20(19)27-18-9-6-12-23-13-18)26-14-17-15-28-21(24-17)16-7-2-1-3-8-16/h1-13,15H,14H2. The summed E-state index contributed by atoms with van der Waals surface area (Å²) in [5.41, 5.74) is 2.10. The molecule has 0 N–H and O–H groups in total. The lowest BCUT2D eigenvalue weighted by atomic mass is 10.2. The van der Waals surface area contributed by atoms with E-state index in [1.54, 1.807) is 48.8 Å². The van der Waals surface area contributed by atoms with Crippen molar-refractivity contribution in [3.05, 3.63) is 95.8 Å². The summed E-state index contributed by atoms with van der Waals surface area (Å²) < 4.78 is 11.2. The van der Waals surface area contributed by atoms with Gasteiger partial charge in [-0.15, -0.1) is 11.3 Å². The van der Waals surface area contributed by atoms with Crippen molar-refractivity contribution >= 4 is 17.3 Å². The third-order valence-electron chi connectivity index (χ3n) is 3.89. The van der Waals surface area contributed by atoms with Gasteiger partial charge in [0.1, 0.15) is 28.7 Å². The minimum absolute atomic E-state index is 0.101. The predicted molar refractivity (Wildman–Crippen MR) is 107 cm³/mol. The van der Waals surface area contributed by atoms with Crippen molar-refractivity contribution in [2.75, 3.05) is 0 Å². The molecule has 0 aliphatic rings. The molecule has 0 atom stereocenters. The van der Waals surface area contributed by atoms with Crippen LogP contribution in [0.4, 0.5) is 0 Å². The van der Waals surface area contributed by atoms with E-state index in [1.807, 2.05) is 35.7 Å². The number of carbonyl (C=O) groups excluding carboxylic acids is 1. The smallest absolute Gasteiger partial charge is 0.342 e. The van der Waals surface area contributed by atoms with Gasteiger partial charge in [0.2, 0.25) is 0 Å². The van der Waals surface area contributed by atoms with Gasteiger partial charge in [0.15, 0.2) is 0 Å². The molecule has 2 aromatic carbocycles. The quantitative estimate of drug-likeness (QED) is 0.417. The normalized spacial score (nSPS) is 10.4. The second-order valence-electron chi connectivity index (χ2n) is 5.87. The second-order valence-corrected chi connectivity index (χ2v) is 6.73. The van der Waals surface area contributed by atoms with E-state index >= 15 is 0 Å². The van der Waals surface area contributed by atoms with E-state index in [-0.39, 0.29) is 6.61 Å². The van der Waals surface area contributed by atoms with Crippen LogP contribution in [0.25, 0.3) is 10.6 Å². The van der Waals surface area contributed by atoms with Crippen molar-refractivity contribution in [1.82, 2.24) is 9.97 Å². The molecule has 0 fully saturated rings. The molecule has 28 heavy (non-hydrogen) atoms. The molecule has 0 aliphatic heterocycles. The Labute approximate surface area is 166 Å². The van der Waals surface area contributed by atoms with Crippen molar-refractivity contribution < 1.29 is 14.3 Å². The van der Waals surface area contributed by atoms with Crippen LogP contribution in [0.1, 0.15) is 16.1 Å². The van der Waals surface area contributed by atoms with Crippen LogP contribution in [-0.2, 0) is 11.3 Å². The maximum Gasteiger partial charge on any atom is 0.342 e. The van der Waals surface area contributed by atoms with Crippen LogP contribution in [0.15, 0.2) is 84.5 Å². The van der Waals surface area contributed by atoms with Gasteiger partial charge in [-0.05, 0) is 24.3 Å². The Bertz CT molecular complexity index is 1070. The highest BCUT2D eigenvalue weighted by atomic mass is 32.1. The zero-order chi connectivity index (χ0) is 19.2. The third kappa shape index (κ3) is 4.24. The molecule has 4 rings (SSSR count). The first-order valence-corrected chi connectivity index (χ1v) is 9.51. The molecule has 0 aliphatic carbocycles. The van der Waals surface area contributed by atoms with Crippen molar-refractivity contribution in [3.63, 3.8) is 0 Å². The first-order chi connectivity index (χ1) is 13.8. The number of rotatable bonds is 6. The van der Waals surface area contributed by atoms with E-state index in [2.05, 4.69) is 9.97 Å². The summed E-state index contributed by atoms with van der Waals surface area (Å²) in [5.74, 6) is 0.507. The number of pyridine rings is 1. The summed E-state index contributed by atoms with van der Waals surface area (Å²) in [6, 6.07) is 20.4. The van der Waals surface area contributed by atoms with Gasteiger partial charge in [0.25, 0.3) is 0 Å². The van der Waals surface area contributed by atoms with E-state index in [4.69, 9.17) is 9.47 Å². The highest BCUT2D eigenvalue weighted by Crippen LogP contribution is 2.26. The molecule has 0 spiro atoms. The zero-order valence-corrected chi connectivity index (χ0v) is 15.6. The molecule has 0 unspecified atom stereocenters. The summed E-state index contributed by atoms with van der Waals surface area (Å²) in [7, 11) is 0. The minimum atomic E-state index is -0.464. The Hall–Kier alpha value is -3.51. The van der Waals surface area contributed by atoms with Crippen LogP contribution in [0.2, 0.25) is 0 Å². The average Bonchev–Trinajstić information content (AvgIpc) is 3.23. The number of carbonyl (C=O) groups is 1. The van der Waals surface area contributed by atoms with Gasteiger partial charge in [0, 0.05) is 17.1 Å². The maximum atomic E-state index is 12.6. The lowest BCUT2D eigenvalue weighted by Gasteiger charge is -2.10. The van der Waals surface area contributed by atoms with E-state index in [9.17, 15) is 4.79 Å². The second kappa shape index (κ2) is 8.45. The van der Waals surface area contributed by atoms with Crippen LogP contribution in [0, 0.1) is 0 Å². The van der Waals surface area contributed by atoms with Crippen LogP contribution < -0.4 is 4.74 Å². The molecule has 138 valence electrons. The highest BCUT2D eigenvalue weighted by molar-refractivity contribution is 7.13. The Morgan fingerprint density at radius 1 is 0.964 bits per heavy atom. The largest absolute Gasteiger partial charge is 0.455 e. The van der Waals surface area contributed by atoms with E-state index in [0.29, 0.717) is 22.8 Å². The minimum Gasteiger partial charge on any atom is -0.455 e. The number of ether oxygens (including phenoxy) is 2. The van der Waals surface area contributed by atoms with Gasteiger partial charge < -0.3 is 9.47 Å². The topological polar surface area (TPSA) is 61.3 Å². The van der Waals surface area contributed by atoms with E-state index < -0.39 is 5.97 Å². The number of esters is 1. The maximum absolute atomic E-state index is 12.6. The number of hydrogen-bond donors (Lipinski definition) is 0. The van der Waals surface area contributed by atoms with Gasteiger partial charge in [-0.3, -0.25) is 4.98 Å². The average molecular weight is 388 g/mol. The van der Waals surface area contributed by atoms with Gasteiger partial charge >= 0.3 is 5.97 Å². The highest BCUT2D eigenvalue weighted by Gasteiger charge is 2.15. The lowest BCUT2D eigenvalue weighted by Crippen LogP contribution is -2.07. The van der Waals surface area contributed by atoms with Crippen molar-refractivity contribution in [2.45, 2.75) is 6.61 Å². The van der Waals surface area contributed by atoms with Crippen LogP contribution in [0.5, 0.6) is 11.5 Å². The molecule has 0 saturated heterocycles. The zero-order valence-electron chi connectivity index (χ0n) is 14.8. The fraction of sp³-hybridized carbons (Fsp3) is 0.0455. The first kappa shape index (κ1) is 17.9.